The lowest BCUT2D eigenvalue weighted by Gasteiger charge is -2.08. The van der Waals surface area contributed by atoms with Gasteiger partial charge in [-0.15, -0.1) is 0 Å². The molecule has 0 aliphatic rings. The van der Waals surface area contributed by atoms with E-state index in [1.807, 2.05) is 36.4 Å². The van der Waals surface area contributed by atoms with E-state index in [9.17, 15) is 0 Å². The van der Waals surface area contributed by atoms with Crippen LogP contribution in [-0.2, 0) is 13.1 Å². The predicted molar refractivity (Wildman–Crippen MR) is 121 cm³/mol. The molecule has 0 amide bonds. The highest BCUT2D eigenvalue weighted by Gasteiger charge is 2.15. The van der Waals surface area contributed by atoms with Crippen LogP contribution in [0.2, 0.25) is 5.02 Å². The molecule has 0 fully saturated rings. The minimum Gasteiger partial charge on any atom is -0.493 e. The molecule has 0 unspecified atom stereocenters. The third-order valence-corrected chi connectivity index (χ3v) is 5.31. The van der Waals surface area contributed by atoms with Crippen LogP contribution < -0.4 is 14.0 Å². The lowest BCUT2D eigenvalue weighted by molar-refractivity contribution is -0.663. The maximum Gasteiger partial charge on any atom is 0.245 e. The summed E-state index contributed by atoms with van der Waals surface area (Å²) in [5, 5.41) is 0.750. The number of aromatic nitrogens is 2. The lowest BCUT2D eigenvalue weighted by atomic mass is 10.2. The molecular formula is C25H24ClN2O2+. The number of fused-ring (bicyclic) bond motifs is 1. The molecule has 0 spiro atoms. The highest BCUT2D eigenvalue weighted by Crippen LogP contribution is 2.27. The third kappa shape index (κ3) is 4.34. The third-order valence-electron chi connectivity index (χ3n) is 5.06. The van der Waals surface area contributed by atoms with Crippen molar-refractivity contribution in [2.45, 2.75) is 13.1 Å². The minimum atomic E-state index is 0.737. The Kier molecular flexibility index (Phi) is 6.05. The second kappa shape index (κ2) is 9.06. The zero-order chi connectivity index (χ0) is 20.9. The van der Waals surface area contributed by atoms with E-state index in [-0.39, 0.29) is 0 Å². The van der Waals surface area contributed by atoms with Gasteiger partial charge in [-0.3, -0.25) is 0 Å². The van der Waals surface area contributed by atoms with E-state index < -0.39 is 0 Å². The van der Waals surface area contributed by atoms with Gasteiger partial charge in [-0.2, -0.15) is 0 Å². The van der Waals surface area contributed by atoms with Crippen LogP contribution in [0.25, 0.3) is 17.1 Å². The fourth-order valence-electron chi connectivity index (χ4n) is 3.57. The molecule has 30 heavy (non-hydrogen) atoms. The Hall–Kier alpha value is -3.24. The van der Waals surface area contributed by atoms with E-state index in [1.165, 1.54) is 11.0 Å². The molecule has 5 heteroatoms. The van der Waals surface area contributed by atoms with Gasteiger partial charge < -0.3 is 9.47 Å². The average molecular weight is 420 g/mol. The van der Waals surface area contributed by atoms with Gasteiger partial charge in [0.2, 0.25) is 6.33 Å². The van der Waals surface area contributed by atoms with Crippen LogP contribution in [0.5, 0.6) is 11.5 Å². The van der Waals surface area contributed by atoms with Crippen molar-refractivity contribution in [2.24, 2.45) is 0 Å². The largest absolute Gasteiger partial charge is 0.493 e. The molecule has 3 aromatic carbocycles. The summed E-state index contributed by atoms with van der Waals surface area (Å²) in [6, 6.07) is 22.3. The van der Waals surface area contributed by atoms with Gasteiger partial charge in [0.05, 0.1) is 14.2 Å². The van der Waals surface area contributed by atoms with Gasteiger partial charge in [-0.05, 0) is 53.6 Å². The summed E-state index contributed by atoms with van der Waals surface area (Å²) < 4.78 is 15.3. The standard InChI is InChI=1S/C25H24ClN2O2/c1-29-24-14-11-20(16-25(24)30-2)17-28-18-27(22-7-3-4-8-23(22)28)15-5-6-19-9-12-21(26)13-10-19/h3-14,16,18H,15,17H2,1-2H3/q+1/b6-5+. The van der Waals surface area contributed by atoms with Crippen molar-refractivity contribution in [2.75, 3.05) is 14.2 Å². The van der Waals surface area contributed by atoms with Crippen molar-refractivity contribution in [3.05, 3.63) is 95.3 Å². The number of benzene rings is 3. The van der Waals surface area contributed by atoms with E-state index in [0.717, 1.165) is 40.7 Å². The van der Waals surface area contributed by atoms with E-state index in [2.05, 4.69) is 57.9 Å². The summed E-state index contributed by atoms with van der Waals surface area (Å²) in [7, 11) is 3.31. The quantitative estimate of drug-likeness (QED) is 0.377. The number of allylic oxidation sites excluding steroid dienone is 1. The summed E-state index contributed by atoms with van der Waals surface area (Å²) >= 11 is 5.97. The fraction of sp³-hybridized carbons (Fsp3) is 0.160. The highest BCUT2D eigenvalue weighted by molar-refractivity contribution is 6.30. The van der Waals surface area contributed by atoms with Crippen LogP contribution in [0.4, 0.5) is 0 Å². The monoisotopic (exact) mass is 419 g/mol. The number of halogens is 1. The van der Waals surface area contributed by atoms with Crippen molar-refractivity contribution in [1.29, 1.82) is 0 Å². The topological polar surface area (TPSA) is 27.3 Å². The van der Waals surface area contributed by atoms with Gasteiger partial charge in [-0.25, -0.2) is 9.13 Å². The SMILES string of the molecule is COc1ccc(C[n+]2cn(C/C=C/c3ccc(Cl)cc3)c3ccccc32)cc1OC. The second-order valence-corrected chi connectivity index (χ2v) is 7.46. The summed E-state index contributed by atoms with van der Waals surface area (Å²) in [6.45, 7) is 1.52. The van der Waals surface area contributed by atoms with Crippen molar-refractivity contribution in [1.82, 2.24) is 4.57 Å². The molecule has 1 heterocycles. The van der Waals surface area contributed by atoms with Gasteiger partial charge >= 0.3 is 0 Å². The highest BCUT2D eigenvalue weighted by atomic mass is 35.5. The first-order valence-corrected chi connectivity index (χ1v) is 10.2. The van der Waals surface area contributed by atoms with Crippen molar-refractivity contribution in [3.63, 3.8) is 0 Å². The Bertz CT molecular complexity index is 1180. The first kappa shape index (κ1) is 20.0. The van der Waals surface area contributed by atoms with Crippen molar-refractivity contribution in [3.8, 4) is 11.5 Å². The van der Waals surface area contributed by atoms with Crippen LogP contribution in [-0.4, -0.2) is 18.8 Å². The van der Waals surface area contributed by atoms with Crippen LogP contribution in [0, 0.1) is 0 Å². The van der Waals surface area contributed by atoms with Gasteiger partial charge in [0, 0.05) is 5.02 Å². The average Bonchev–Trinajstić information content (AvgIpc) is 3.12. The summed E-state index contributed by atoms with van der Waals surface area (Å²) in [5.41, 5.74) is 4.66. The zero-order valence-electron chi connectivity index (χ0n) is 17.1. The number of ether oxygens (including phenoxy) is 2. The van der Waals surface area contributed by atoms with E-state index in [1.54, 1.807) is 14.2 Å². The molecular weight excluding hydrogens is 396 g/mol. The lowest BCUT2D eigenvalue weighted by Crippen LogP contribution is -2.32. The first-order valence-electron chi connectivity index (χ1n) is 9.78. The minimum absolute atomic E-state index is 0.737. The van der Waals surface area contributed by atoms with Crippen LogP contribution in [0.3, 0.4) is 0 Å². The van der Waals surface area contributed by atoms with Crippen LogP contribution >= 0.6 is 11.6 Å². The number of nitrogens with zero attached hydrogens (tertiary/aromatic N) is 2. The molecule has 152 valence electrons. The molecule has 4 nitrogen and oxygen atoms in total. The Morgan fingerprint density at radius 3 is 2.47 bits per heavy atom. The van der Waals surface area contributed by atoms with E-state index in [0.29, 0.717) is 0 Å². The number of para-hydroxylation sites is 2. The molecule has 0 N–H and O–H groups in total. The number of hydrogen-bond acceptors (Lipinski definition) is 2. The van der Waals surface area contributed by atoms with Gasteiger partial charge in [0.1, 0.15) is 13.1 Å². The fourth-order valence-corrected chi connectivity index (χ4v) is 3.69. The predicted octanol–water partition coefficient (Wildman–Crippen LogP) is 5.36. The molecule has 0 aliphatic heterocycles. The molecule has 0 saturated carbocycles. The van der Waals surface area contributed by atoms with Gasteiger partial charge in [-0.1, -0.05) is 48.0 Å². The maximum absolute atomic E-state index is 5.97. The number of hydrogen-bond donors (Lipinski definition) is 0. The molecule has 4 rings (SSSR count). The summed E-state index contributed by atoms with van der Waals surface area (Å²) in [5.74, 6) is 1.48. The van der Waals surface area contributed by atoms with Crippen molar-refractivity contribution >= 4 is 28.7 Å². The van der Waals surface area contributed by atoms with Gasteiger partial charge in [0.15, 0.2) is 22.5 Å². The maximum atomic E-state index is 5.97. The Balaban J connectivity index is 1.60. The smallest absolute Gasteiger partial charge is 0.245 e. The molecule has 0 saturated heterocycles. The zero-order valence-corrected chi connectivity index (χ0v) is 17.8. The van der Waals surface area contributed by atoms with Crippen molar-refractivity contribution < 1.29 is 14.0 Å². The molecule has 0 atom stereocenters. The normalized spacial score (nSPS) is 11.3. The summed E-state index contributed by atoms with van der Waals surface area (Å²) in [6.07, 6.45) is 6.44. The molecule has 0 bridgehead atoms. The van der Waals surface area contributed by atoms with Gasteiger partial charge in [0.25, 0.3) is 0 Å². The Morgan fingerprint density at radius 1 is 0.933 bits per heavy atom. The number of rotatable bonds is 7. The van der Waals surface area contributed by atoms with Crippen LogP contribution in [0.15, 0.2) is 79.1 Å². The Morgan fingerprint density at radius 2 is 1.70 bits per heavy atom. The Labute approximate surface area is 181 Å². The van der Waals surface area contributed by atoms with E-state index >= 15 is 0 Å². The second-order valence-electron chi connectivity index (χ2n) is 7.03. The summed E-state index contributed by atoms with van der Waals surface area (Å²) in [4.78, 5) is 0. The van der Waals surface area contributed by atoms with Crippen LogP contribution in [0.1, 0.15) is 11.1 Å². The molecule has 0 aliphatic carbocycles. The number of methoxy groups -OCH3 is 2. The molecule has 0 radical (unpaired) electrons. The molecule has 1 aromatic heterocycles. The molecule has 4 aromatic rings. The first-order chi connectivity index (χ1) is 14.7. The van der Waals surface area contributed by atoms with E-state index in [4.69, 9.17) is 21.1 Å². The number of imidazole rings is 1.